The smallest absolute Gasteiger partial charge is 0.115 e. The van der Waals surface area contributed by atoms with Gasteiger partial charge in [-0.3, -0.25) is 4.90 Å². The minimum absolute atomic E-state index is 0.287. The molecular weight excluding hydrogens is 226 g/mol. The maximum Gasteiger partial charge on any atom is 0.115 e. The van der Waals surface area contributed by atoms with Gasteiger partial charge in [0.25, 0.3) is 0 Å². The van der Waals surface area contributed by atoms with E-state index in [1.54, 1.807) is 13.2 Å². The van der Waals surface area contributed by atoms with E-state index >= 15 is 0 Å². The number of aromatic hydroxyl groups is 1. The molecule has 0 radical (unpaired) electrons. The zero-order valence-corrected chi connectivity index (χ0v) is 11.9. The third-order valence-corrected chi connectivity index (χ3v) is 3.08. The lowest BCUT2D eigenvalue weighted by atomic mass is 10.0. The number of phenolic OH excluding ortho intramolecular Hbond substituents is 1. The summed E-state index contributed by atoms with van der Waals surface area (Å²) < 4.78 is 5.17. The molecule has 102 valence electrons. The molecule has 0 bridgehead atoms. The quantitative estimate of drug-likeness (QED) is 0.808. The molecule has 0 spiro atoms. The van der Waals surface area contributed by atoms with E-state index in [0.717, 1.165) is 25.3 Å². The van der Waals surface area contributed by atoms with Gasteiger partial charge in [-0.05, 0) is 30.5 Å². The Labute approximate surface area is 110 Å². The fourth-order valence-corrected chi connectivity index (χ4v) is 2.12. The van der Waals surface area contributed by atoms with Crippen molar-refractivity contribution in [1.29, 1.82) is 0 Å². The van der Waals surface area contributed by atoms with E-state index in [2.05, 4.69) is 31.7 Å². The summed E-state index contributed by atoms with van der Waals surface area (Å²) in [6.45, 7) is 9.28. The van der Waals surface area contributed by atoms with E-state index in [1.807, 2.05) is 12.1 Å². The van der Waals surface area contributed by atoms with Gasteiger partial charge in [0, 0.05) is 26.2 Å². The fourth-order valence-electron chi connectivity index (χ4n) is 2.12. The summed E-state index contributed by atoms with van der Waals surface area (Å²) in [6.07, 6.45) is 0. The summed E-state index contributed by atoms with van der Waals surface area (Å²) in [5.74, 6) is 0.942. The first-order valence-electron chi connectivity index (χ1n) is 6.56. The number of hydrogen-bond acceptors (Lipinski definition) is 3. The molecule has 1 atom stereocenters. The molecule has 0 amide bonds. The normalized spacial score (nSPS) is 13.2. The van der Waals surface area contributed by atoms with Crippen molar-refractivity contribution in [3.05, 3.63) is 29.8 Å². The van der Waals surface area contributed by atoms with Gasteiger partial charge in [0.1, 0.15) is 5.75 Å². The number of nitrogens with zero attached hydrogens (tertiary/aromatic N) is 1. The van der Waals surface area contributed by atoms with E-state index < -0.39 is 0 Å². The highest BCUT2D eigenvalue weighted by Crippen LogP contribution is 2.23. The van der Waals surface area contributed by atoms with Crippen LogP contribution in [0, 0.1) is 5.92 Å². The molecule has 0 aliphatic rings. The van der Waals surface area contributed by atoms with E-state index in [1.165, 1.54) is 0 Å². The van der Waals surface area contributed by atoms with Crippen LogP contribution in [-0.4, -0.2) is 36.8 Å². The van der Waals surface area contributed by atoms with Gasteiger partial charge in [0.15, 0.2) is 0 Å². The molecule has 0 aromatic heterocycles. The highest BCUT2D eigenvalue weighted by Gasteiger charge is 2.16. The van der Waals surface area contributed by atoms with Crippen LogP contribution in [0.1, 0.15) is 32.4 Å². The summed E-state index contributed by atoms with van der Waals surface area (Å²) in [6, 6.07) is 7.79. The minimum Gasteiger partial charge on any atom is -0.508 e. The standard InChI is InChI=1S/C15H25NO2/c1-12(2)11-16(8-9-18-4)13(3)14-6-5-7-15(17)10-14/h5-7,10,12-13,17H,8-9,11H2,1-4H3. The molecular formula is C15H25NO2. The largest absolute Gasteiger partial charge is 0.508 e. The molecule has 18 heavy (non-hydrogen) atoms. The Hall–Kier alpha value is -1.06. The van der Waals surface area contributed by atoms with E-state index in [4.69, 9.17) is 4.74 Å². The molecule has 3 nitrogen and oxygen atoms in total. The zero-order valence-electron chi connectivity index (χ0n) is 11.9. The summed E-state index contributed by atoms with van der Waals surface area (Å²) in [4.78, 5) is 2.39. The van der Waals surface area contributed by atoms with Gasteiger partial charge in [-0.1, -0.05) is 26.0 Å². The maximum absolute atomic E-state index is 9.56. The monoisotopic (exact) mass is 251 g/mol. The van der Waals surface area contributed by atoms with Crippen molar-refractivity contribution < 1.29 is 9.84 Å². The first kappa shape index (κ1) is 15.0. The number of benzene rings is 1. The molecule has 0 aliphatic carbocycles. The van der Waals surface area contributed by atoms with Gasteiger partial charge in [0.2, 0.25) is 0 Å². The van der Waals surface area contributed by atoms with Gasteiger partial charge in [-0.2, -0.15) is 0 Å². The first-order chi connectivity index (χ1) is 8.54. The second-order valence-corrected chi connectivity index (χ2v) is 5.15. The van der Waals surface area contributed by atoms with Gasteiger partial charge in [-0.25, -0.2) is 0 Å². The summed E-state index contributed by atoms with van der Waals surface area (Å²) in [7, 11) is 1.73. The average Bonchev–Trinajstić information content (AvgIpc) is 2.33. The van der Waals surface area contributed by atoms with E-state index in [-0.39, 0.29) is 6.04 Å². The Morgan fingerprint density at radius 1 is 1.28 bits per heavy atom. The predicted molar refractivity (Wildman–Crippen MR) is 74.8 cm³/mol. The maximum atomic E-state index is 9.56. The van der Waals surface area contributed by atoms with Crippen LogP contribution in [0.4, 0.5) is 0 Å². The molecule has 1 aromatic rings. The van der Waals surface area contributed by atoms with Crippen molar-refractivity contribution in [2.75, 3.05) is 26.8 Å². The van der Waals surface area contributed by atoms with Crippen LogP contribution in [-0.2, 0) is 4.74 Å². The highest BCUT2D eigenvalue weighted by atomic mass is 16.5. The molecule has 1 N–H and O–H groups in total. The topological polar surface area (TPSA) is 32.7 Å². The average molecular weight is 251 g/mol. The lowest BCUT2D eigenvalue weighted by molar-refractivity contribution is 0.115. The Bertz CT molecular complexity index is 352. The molecule has 0 saturated carbocycles. The summed E-state index contributed by atoms with van der Waals surface area (Å²) in [5, 5.41) is 9.56. The molecule has 0 fully saturated rings. The SMILES string of the molecule is COCCN(CC(C)C)C(C)c1cccc(O)c1. The third-order valence-electron chi connectivity index (χ3n) is 3.08. The van der Waals surface area contributed by atoms with Crippen LogP contribution in [0.2, 0.25) is 0 Å². The van der Waals surface area contributed by atoms with E-state index in [0.29, 0.717) is 11.7 Å². The van der Waals surface area contributed by atoms with Crippen molar-refractivity contribution in [3.63, 3.8) is 0 Å². The van der Waals surface area contributed by atoms with Crippen molar-refractivity contribution in [2.45, 2.75) is 26.8 Å². The summed E-state index contributed by atoms with van der Waals surface area (Å²) >= 11 is 0. The second-order valence-electron chi connectivity index (χ2n) is 5.15. The van der Waals surface area contributed by atoms with Crippen molar-refractivity contribution >= 4 is 0 Å². The lowest BCUT2D eigenvalue weighted by Gasteiger charge is -2.30. The van der Waals surface area contributed by atoms with Crippen LogP contribution < -0.4 is 0 Å². The number of methoxy groups -OCH3 is 1. The minimum atomic E-state index is 0.287. The van der Waals surface area contributed by atoms with Crippen molar-refractivity contribution in [1.82, 2.24) is 4.90 Å². The van der Waals surface area contributed by atoms with Crippen LogP contribution in [0.3, 0.4) is 0 Å². The number of phenols is 1. The van der Waals surface area contributed by atoms with Gasteiger partial charge < -0.3 is 9.84 Å². The van der Waals surface area contributed by atoms with Crippen molar-refractivity contribution in [2.24, 2.45) is 5.92 Å². The van der Waals surface area contributed by atoms with Crippen LogP contribution >= 0.6 is 0 Å². The Kier molecular flexibility index (Phi) is 6.16. The molecule has 0 saturated heterocycles. The van der Waals surface area contributed by atoms with Crippen LogP contribution in [0.5, 0.6) is 5.75 Å². The Morgan fingerprint density at radius 3 is 2.56 bits per heavy atom. The molecule has 1 unspecified atom stereocenters. The molecule has 0 aliphatic heterocycles. The van der Waals surface area contributed by atoms with Crippen molar-refractivity contribution in [3.8, 4) is 5.75 Å². The van der Waals surface area contributed by atoms with E-state index in [9.17, 15) is 5.11 Å². The molecule has 1 rings (SSSR count). The lowest BCUT2D eigenvalue weighted by Crippen LogP contribution is -2.33. The summed E-state index contributed by atoms with van der Waals surface area (Å²) in [5.41, 5.74) is 1.15. The highest BCUT2D eigenvalue weighted by molar-refractivity contribution is 5.29. The van der Waals surface area contributed by atoms with Crippen LogP contribution in [0.25, 0.3) is 0 Å². The Morgan fingerprint density at radius 2 is 2.00 bits per heavy atom. The van der Waals surface area contributed by atoms with Crippen LogP contribution in [0.15, 0.2) is 24.3 Å². The van der Waals surface area contributed by atoms with Gasteiger partial charge in [-0.15, -0.1) is 0 Å². The molecule has 1 aromatic carbocycles. The molecule has 0 heterocycles. The fraction of sp³-hybridized carbons (Fsp3) is 0.600. The van der Waals surface area contributed by atoms with Gasteiger partial charge in [0.05, 0.1) is 6.61 Å². The second kappa shape index (κ2) is 7.39. The number of rotatable bonds is 7. The predicted octanol–water partition coefficient (Wildman–Crippen LogP) is 3.06. The zero-order chi connectivity index (χ0) is 13.5. The number of hydrogen-bond donors (Lipinski definition) is 1. The number of ether oxygens (including phenoxy) is 1. The third kappa shape index (κ3) is 4.67. The molecule has 3 heteroatoms. The van der Waals surface area contributed by atoms with Gasteiger partial charge >= 0.3 is 0 Å². The Balaban J connectivity index is 2.76. The first-order valence-corrected chi connectivity index (χ1v) is 6.56.